The Morgan fingerprint density at radius 2 is 1.38 bits per heavy atom. The van der Waals surface area contributed by atoms with Crippen molar-refractivity contribution in [3.05, 3.63) is 71.8 Å². The number of benzene rings is 2. The summed E-state index contributed by atoms with van der Waals surface area (Å²) in [5.41, 5.74) is 2.38. The van der Waals surface area contributed by atoms with E-state index in [1.54, 1.807) is 0 Å². The zero-order valence-electron chi connectivity index (χ0n) is 17.8. The Kier molecular flexibility index (Phi) is 9.16. The zero-order valence-corrected chi connectivity index (χ0v) is 17.8. The lowest BCUT2D eigenvalue weighted by molar-refractivity contribution is -0.0714. The Bertz CT molecular complexity index is 679. The van der Waals surface area contributed by atoms with Gasteiger partial charge in [-0.2, -0.15) is 0 Å². The summed E-state index contributed by atoms with van der Waals surface area (Å²) in [7, 11) is 1.99. The molecule has 0 radical (unpaired) electrons. The summed E-state index contributed by atoms with van der Waals surface area (Å²) < 4.78 is 19.0. The van der Waals surface area contributed by atoms with E-state index in [9.17, 15) is 0 Å². The quantitative estimate of drug-likeness (QED) is 0.526. The van der Waals surface area contributed by atoms with E-state index in [-0.39, 0.29) is 24.4 Å². The van der Waals surface area contributed by atoms with Crippen molar-refractivity contribution in [2.24, 2.45) is 0 Å². The van der Waals surface area contributed by atoms with Gasteiger partial charge >= 0.3 is 0 Å². The second-order valence-electron chi connectivity index (χ2n) is 7.76. The molecule has 4 unspecified atom stereocenters. The van der Waals surface area contributed by atoms with Gasteiger partial charge in [-0.3, -0.25) is 0 Å². The monoisotopic (exact) mass is 397 g/mol. The Morgan fingerprint density at radius 3 is 1.93 bits per heavy atom. The molecule has 4 atom stereocenters. The van der Waals surface area contributed by atoms with Crippen LogP contribution in [0.4, 0.5) is 0 Å². The van der Waals surface area contributed by atoms with Crippen LogP contribution in [0.3, 0.4) is 0 Å². The molecule has 1 aliphatic rings. The molecule has 1 aliphatic carbocycles. The molecule has 4 heteroatoms. The van der Waals surface area contributed by atoms with Crippen molar-refractivity contribution in [1.82, 2.24) is 5.32 Å². The van der Waals surface area contributed by atoms with Gasteiger partial charge < -0.3 is 19.5 Å². The summed E-state index contributed by atoms with van der Waals surface area (Å²) in [5.74, 6) is 0. The Morgan fingerprint density at radius 1 is 0.793 bits per heavy atom. The molecule has 0 amide bonds. The number of hydrogen-bond donors (Lipinski definition) is 1. The van der Waals surface area contributed by atoms with E-state index in [4.69, 9.17) is 14.2 Å². The average molecular weight is 398 g/mol. The summed E-state index contributed by atoms with van der Waals surface area (Å²) in [6.45, 7) is 4.19. The van der Waals surface area contributed by atoms with E-state index in [1.165, 1.54) is 24.0 Å². The molecule has 1 saturated carbocycles. The molecule has 0 heterocycles. The first-order valence-corrected chi connectivity index (χ1v) is 10.9. The van der Waals surface area contributed by atoms with Gasteiger partial charge in [-0.1, -0.05) is 80.4 Å². The van der Waals surface area contributed by atoms with Gasteiger partial charge in [0.05, 0.1) is 31.5 Å². The normalized spacial score (nSPS) is 24.1. The summed E-state index contributed by atoms with van der Waals surface area (Å²) in [6, 6.07) is 20.8. The fourth-order valence-corrected chi connectivity index (χ4v) is 3.97. The number of nitrogens with one attached hydrogen (secondary N) is 1. The lowest BCUT2D eigenvalue weighted by Crippen LogP contribution is -2.45. The highest BCUT2D eigenvalue weighted by Gasteiger charge is 2.44. The van der Waals surface area contributed by atoms with Crippen LogP contribution in [0, 0.1) is 0 Å². The summed E-state index contributed by atoms with van der Waals surface area (Å²) in [5, 5.41) is 3.44. The average Bonchev–Trinajstić information content (AvgIpc) is 3.11. The first-order valence-electron chi connectivity index (χ1n) is 10.9. The number of ether oxygens (including phenoxy) is 3. The molecule has 2 aromatic rings. The fourth-order valence-electron chi connectivity index (χ4n) is 3.97. The molecular formula is C25H35NO3. The number of likely N-dealkylation sites (N-methyl/N-ethyl adjacent to an activating group) is 1. The van der Waals surface area contributed by atoms with E-state index < -0.39 is 0 Å². The molecule has 1 N–H and O–H groups in total. The van der Waals surface area contributed by atoms with E-state index in [2.05, 4.69) is 36.5 Å². The third-order valence-corrected chi connectivity index (χ3v) is 5.59. The van der Waals surface area contributed by atoms with Crippen LogP contribution in [0.2, 0.25) is 0 Å². The highest BCUT2D eigenvalue weighted by Crippen LogP contribution is 2.30. The van der Waals surface area contributed by atoms with Gasteiger partial charge in [-0.05, 0) is 24.6 Å². The van der Waals surface area contributed by atoms with Crippen molar-refractivity contribution in [1.29, 1.82) is 0 Å². The molecule has 4 nitrogen and oxygen atoms in total. The lowest BCUT2D eigenvalue weighted by Gasteiger charge is -2.27. The van der Waals surface area contributed by atoms with Gasteiger partial charge in [0.1, 0.15) is 6.10 Å². The molecule has 2 aromatic carbocycles. The summed E-state index contributed by atoms with van der Waals surface area (Å²) in [6.07, 6.45) is 4.41. The minimum atomic E-state index is 0.00124. The van der Waals surface area contributed by atoms with Gasteiger partial charge in [0.15, 0.2) is 0 Å². The molecular weight excluding hydrogens is 362 g/mol. The minimum Gasteiger partial charge on any atom is -0.374 e. The first kappa shape index (κ1) is 22.0. The number of hydrogen-bond acceptors (Lipinski definition) is 4. The Labute approximate surface area is 175 Å². The van der Waals surface area contributed by atoms with Crippen molar-refractivity contribution in [3.8, 4) is 0 Å². The van der Waals surface area contributed by atoms with Crippen LogP contribution >= 0.6 is 0 Å². The number of unbranched alkanes of at least 4 members (excludes halogenated alkanes) is 2. The Balaban J connectivity index is 1.62. The Hall–Kier alpha value is -1.72. The van der Waals surface area contributed by atoms with Gasteiger partial charge in [-0.25, -0.2) is 0 Å². The molecule has 0 bridgehead atoms. The summed E-state index contributed by atoms with van der Waals surface area (Å²) in [4.78, 5) is 0. The molecule has 158 valence electrons. The molecule has 1 fully saturated rings. The van der Waals surface area contributed by atoms with Crippen molar-refractivity contribution < 1.29 is 14.2 Å². The highest BCUT2D eigenvalue weighted by atomic mass is 16.6. The molecule has 0 aliphatic heterocycles. The van der Waals surface area contributed by atoms with E-state index in [0.29, 0.717) is 13.2 Å². The maximum Gasteiger partial charge on any atom is 0.101 e. The zero-order chi connectivity index (χ0) is 20.3. The van der Waals surface area contributed by atoms with Crippen LogP contribution in [-0.2, 0) is 27.4 Å². The van der Waals surface area contributed by atoms with Crippen LogP contribution in [0.25, 0.3) is 0 Å². The third kappa shape index (κ3) is 6.65. The smallest absolute Gasteiger partial charge is 0.101 e. The van der Waals surface area contributed by atoms with Crippen LogP contribution < -0.4 is 5.32 Å². The van der Waals surface area contributed by atoms with Gasteiger partial charge in [0.25, 0.3) is 0 Å². The number of rotatable bonds is 12. The fraction of sp³-hybridized carbons (Fsp3) is 0.520. The van der Waals surface area contributed by atoms with E-state index in [0.717, 1.165) is 19.4 Å². The van der Waals surface area contributed by atoms with Gasteiger partial charge in [0.2, 0.25) is 0 Å². The van der Waals surface area contributed by atoms with Gasteiger partial charge in [0, 0.05) is 13.0 Å². The van der Waals surface area contributed by atoms with Crippen molar-refractivity contribution >= 4 is 0 Å². The van der Waals surface area contributed by atoms with Crippen LogP contribution in [0.15, 0.2) is 60.7 Å². The van der Waals surface area contributed by atoms with Gasteiger partial charge in [-0.15, -0.1) is 0 Å². The predicted octanol–water partition coefficient (Wildman–Crippen LogP) is 4.72. The maximum absolute atomic E-state index is 6.33. The molecule has 0 aromatic heterocycles. The van der Waals surface area contributed by atoms with Crippen LogP contribution in [0.5, 0.6) is 0 Å². The van der Waals surface area contributed by atoms with Crippen LogP contribution in [0.1, 0.15) is 43.7 Å². The van der Waals surface area contributed by atoms with E-state index >= 15 is 0 Å². The molecule has 29 heavy (non-hydrogen) atoms. The van der Waals surface area contributed by atoms with E-state index in [1.807, 2.05) is 43.4 Å². The first-order chi connectivity index (χ1) is 14.3. The van der Waals surface area contributed by atoms with Crippen LogP contribution in [-0.4, -0.2) is 38.0 Å². The minimum absolute atomic E-state index is 0.00124. The van der Waals surface area contributed by atoms with Crippen molar-refractivity contribution in [2.45, 2.75) is 70.2 Å². The maximum atomic E-state index is 6.33. The molecule has 3 rings (SSSR count). The third-order valence-electron chi connectivity index (χ3n) is 5.59. The second-order valence-corrected chi connectivity index (χ2v) is 7.76. The molecule has 0 saturated heterocycles. The molecule has 0 spiro atoms. The predicted molar refractivity (Wildman–Crippen MR) is 117 cm³/mol. The topological polar surface area (TPSA) is 39.7 Å². The summed E-state index contributed by atoms with van der Waals surface area (Å²) >= 11 is 0. The van der Waals surface area contributed by atoms with Crippen molar-refractivity contribution in [3.63, 3.8) is 0 Å². The second kappa shape index (κ2) is 12.1. The van der Waals surface area contributed by atoms with Crippen molar-refractivity contribution in [2.75, 3.05) is 13.7 Å². The standard InChI is InChI=1S/C25H35NO3/c1-3-4-11-16-27-25-23(29-19-21-14-9-6-10-15-21)17-22(24(25)26-2)28-18-20-12-7-5-8-13-20/h5-10,12-15,22-26H,3-4,11,16-19H2,1-2H3. The SMILES string of the molecule is CCCCCOC1C(OCc2ccccc2)CC(OCc2ccccc2)C1NC. The lowest BCUT2D eigenvalue weighted by atomic mass is 10.1. The highest BCUT2D eigenvalue weighted by molar-refractivity contribution is 5.14. The largest absolute Gasteiger partial charge is 0.374 e.